The van der Waals surface area contributed by atoms with Crippen molar-refractivity contribution in [3.05, 3.63) is 47.9 Å². The Hall–Kier alpha value is -2.16. The molecule has 0 aliphatic rings. The second-order valence-electron chi connectivity index (χ2n) is 5.05. The van der Waals surface area contributed by atoms with E-state index in [9.17, 15) is 21.6 Å². The molecule has 2 aromatic rings. The number of anilines is 1. The number of sulfonamides is 1. The first-order valence-electron chi connectivity index (χ1n) is 6.63. The van der Waals surface area contributed by atoms with Gasteiger partial charge in [0.1, 0.15) is 11.6 Å². The predicted molar refractivity (Wildman–Crippen MR) is 78.4 cm³/mol. The fourth-order valence-electron chi connectivity index (χ4n) is 1.84. The van der Waals surface area contributed by atoms with Crippen LogP contribution in [-0.2, 0) is 16.2 Å². The van der Waals surface area contributed by atoms with Gasteiger partial charge in [0, 0.05) is 12.1 Å². The summed E-state index contributed by atoms with van der Waals surface area (Å²) in [4.78, 5) is 7.11. The highest BCUT2D eigenvalue weighted by molar-refractivity contribution is 7.92. The number of hydrogen-bond acceptors (Lipinski definition) is 4. The van der Waals surface area contributed by atoms with Gasteiger partial charge >= 0.3 is 6.18 Å². The van der Waals surface area contributed by atoms with Crippen LogP contribution in [0.2, 0.25) is 0 Å². The second kappa shape index (κ2) is 6.15. The van der Waals surface area contributed by atoms with Crippen molar-refractivity contribution in [2.24, 2.45) is 0 Å². The SMILES string of the molecule is CC(C)c1nccc(NS(=O)(=O)c2ccccc2C(F)(F)F)n1. The summed E-state index contributed by atoms with van der Waals surface area (Å²) in [5, 5.41) is 0. The van der Waals surface area contributed by atoms with Crippen molar-refractivity contribution in [2.45, 2.75) is 30.8 Å². The normalized spacial score (nSPS) is 12.4. The molecule has 0 bridgehead atoms. The third-order valence-electron chi connectivity index (χ3n) is 2.91. The maximum Gasteiger partial charge on any atom is 0.417 e. The molecule has 1 heterocycles. The largest absolute Gasteiger partial charge is 0.417 e. The van der Waals surface area contributed by atoms with Crippen LogP contribution < -0.4 is 4.72 Å². The predicted octanol–water partition coefficient (Wildman–Crippen LogP) is 3.42. The summed E-state index contributed by atoms with van der Waals surface area (Å²) in [6.07, 6.45) is -3.43. The lowest BCUT2D eigenvalue weighted by molar-refractivity contribution is -0.139. The van der Waals surface area contributed by atoms with Crippen LogP contribution in [0.15, 0.2) is 41.4 Å². The average molecular weight is 345 g/mol. The van der Waals surface area contributed by atoms with Gasteiger partial charge in [-0.25, -0.2) is 18.4 Å². The highest BCUT2D eigenvalue weighted by Gasteiger charge is 2.37. The molecule has 0 radical (unpaired) electrons. The van der Waals surface area contributed by atoms with E-state index in [-0.39, 0.29) is 11.7 Å². The zero-order chi connectivity index (χ0) is 17.3. The molecule has 0 aliphatic heterocycles. The van der Waals surface area contributed by atoms with E-state index in [2.05, 4.69) is 14.7 Å². The number of alkyl halides is 3. The molecule has 0 aliphatic carbocycles. The van der Waals surface area contributed by atoms with Gasteiger partial charge in [-0.05, 0) is 18.2 Å². The number of benzene rings is 1. The molecule has 0 saturated heterocycles. The Kier molecular flexibility index (Phi) is 4.60. The van der Waals surface area contributed by atoms with Gasteiger partial charge in [0.15, 0.2) is 0 Å². The van der Waals surface area contributed by atoms with E-state index in [1.165, 1.54) is 18.3 Å². The van der Waals surface area contributed by atoms with Crippen LogP contribution in [0, 0.1) is 0 Å². The van der Waals surface area contributed by atoms with Crippen molar-refractivity contribution in [1.29, 1.82) is 0 Å². The minimum absolute atomic E-state index is 0.0538. The van der Waals surface area contributed by atoms with E-state index >= 15 is 0 Å². The van der Waals surface area contributed by atoms with E-state index < -0.39 is 26.7 Å². The van der Waals surface area contributed by atoms with Crippen molar-refractivity contribution in [3.8, 4) is 0 Å². The summed E-state index contributed by atoms with van der Waals surface area (Å²) in [5.74, 6) is 0.247. The van der Waals surface area contributed by atoms with Crippen LogP contribution in [0.25, 0.3) is 0 Å². The Bertz CT molecular complexity index is 805. The molecule has 1 N–H and O–H groups in total. The monoisotopic (exact) mass is 345 g/mol. The molecule has 2 rings (SSSR count). The molecule has 5 nitrogen and oxygen atoms in total. The summed E-state index contributed by atoms with van der Waals surface area (Å²) < 4.78 is 65.5. The molecule has 1 aromatic carbocycles. The van der Waals surface area contributed by atoms with Crippen molar-refractivity contribution in [1.82, 2.24) is 9.97 Å². The Balaban J connectivity index is 2.43. The zero-order valence-corrected chi connectivity index (χ0v) is 13.1. The van der Waals surface area contributed by atoms with Crippen LogP contribution >= 0.6 is 0 Å². The van der Waals surface area contributed by atoms with Gasteiger partial charge in [-0.2, -0.15) is 13.2 Å². The van der Waals surface area contributed by atoms with Gasteiger partial charge in [0.2, 0.25) is 0 Å². The number of aromatic nitrogens is 2. The molecule has 1 aromatic heterocycles. The Morgan fingerprint density at radius 1 is 1.13 bits per heavy atom. The first kappa shape index (κ1) is 17.2. The lowest BCUT2D eigenvalue weighted by Gasteiger charge is -2.14. The Labute approximate surface area is 131 Å². The third-order valence-corrected chi connectivity index (χ3v) is 4.32. The van der Waals surface area contributed by atoms with Crippen LogP contribution in [0.1, 0.15) is 31.2 Å². The van der Waals surface area contributed by atoms with Gasteiger partial charge in [-0.3, -0.25) is 4.72 Å². The van der Waals surface area contributed by atoms with Gasteiger partial charge < -0.3 is 0 Å². The van der Waals surface area contributed by atoms with Crippen LogP contribution in [0.3, 0.4) is 0 Å². The molecule has 124 valence electrons. The summed E-state index contributed by atoms with van der Waals surface area (Å²) in [6, 6.07) is 5.25. The number of rotatable bonds is 4. The average Bonchev–Trinajstić information content (AvgIpc) is 2.46. The summed E-state index contributed by atoms with van der Waals surface area (Å²) >= 11 is 0. The van der Waals surface area contributed by atoms with E-state index in [1.807, 2.05) is 13.8 Å². The van der Waals surface area contributed by atoms with Crippen molar-refractivity contribution < 1.29 is 21.6 Å². The second-order valence-corrected chi connectivity index (χ2v) is 6.71. The van der Waals surface area contributed by atoms with E-state index in [1.54, 1.807) is 0 Å². The van der Waals surface area contributed by atoms with Gasteiger partial charge in [-0.1, -0.05) is 26.0 Å². The lowest BCUT2D eigenvalue weighted by Crippen LogP contribution is -2.19. The molecule has 0 atom stereocenters. The van der Waals surface area contributed by atoms with Gasteiger partial charge in [-0.15, -0.1) is 0 Å². The maximum absolute atomic E-state index is 13.0. The first-order chi connectivity index (χ1) is 10.6. The van der Waals surface area contributed by atoms with Crippen molar-refractivity contribution >= 4 is 15.8 Å². The number of halogens is 3. The van der Waals surface area contributed by atoms with Crippen LogP contribution in [0.5, 0.6) is 0 Å². The highest BCUT2D eigenvalue weighted by atomic mass is 32.2. The summed E-state index contributed by atoms with van der Waals surface area (Å²) in [5.41, 5.74) is -1.23. The quantitative estimate of drug-likeness (QED) is 0.922. The number of hydrogen-bond donors (Lipinski definition) is 1. The standard InChI is InChI=1S/C14H14F3N3O2S/c1-9(2)13-18-8-7-12(19-13)20-23(21,22)11-6-4-3-5-10(11)14(15,16)17/h3-9H,1-2H3,(H,18,19,20). The maximum atomic E-state index is 13.0. The Morgan fingerprint density at radius 2 is 1.78 bits per heavy atom. The summed E-state index contributed by atoms with van der Waals surface area (Å²) in [6.45, 7) is 3.62. The molecular weight excluding hydrogens is 331 g/mol. The van der Waals surface area contributed by atoms with Crippen molar-refractivity contribution in [3.63, 3.8) is 0 Å². The summed E-state index contributed by atoms with van der Waals surface area (Å²) in [7, 11) is -4.43. The third kappa shape index (κ3) is 3.98. The zero-order valence-electron chi connectivity index (χ0n) is 12.3. The lowest BCUT2D eigenvalue weighted by atomic mass is 10.2. The number of nitrogens with zero attached hydrogens (tertiary/aromatic N) is 2. The van der Waals surface area contributed by atoms with Gasteiger partial charge in [0.25, 0.3) is 10.0 Å². The molecule has 0 fully saturated rings. The van der Waals surface area contributed by atoms with E-state index in [0.29, 0.717) is 11.9 Å². The topological polar surface area (TPSA) is 72.0 Å². The fourth-order valence-corrected chi connectivity index (χ4v) is 3.07. The van der Waals surface area contributed by atoms with E-state index in [4.69, 9.17) is 0 Å². The molecule has 0 saturated carbocycles. The highest BCUT2D eigenvalue weighted by Crippen LogP contribution is 2.34. The Morgan fingerprint density at radius 3 is 2.39 bits per heavy atom. The molecule has 0 unspecified atom stereocenters. The molecule has 0 spiro atoms. The smallest absolute Gasteiger partial charge is 0.263 e. The molecule has 9 heteroatoms. The fraction of sp³-hybridized carbons (Fsp3) is 0.286. The molecule has 0 amide bonds. The van der Waals surface area contributed by atoms with Gasteiger partial charge in [0.05, 0.1) is 10.5 Å². The van der Waals surface area contributed by atoms with Crippen LogP contribution in [0.4, 0.5) is 19.0 Å². The van der Waals surface area contributed by atoms with Crippen LogP contribution in [-0.4, -0.2) is 18.4 Å². The first-order valence-corrected chi connectivity index (χ1v) is 8.11. The van der Waals surface area contributed by atoms with Crippen molar-refractivity contribution in [2.75, 3.05) is 4.72 Å². The number of nitrogens with one attached hydrogen (secondary N) is 1. The minimum Gasteiger partial charge on any atom is -0.263 e. The minimum atomic E-state index is -4.78. The molecular formula is C14H14F3N3O2S. The van der Waals surface area contributed by atoms with E-state index in [0.717, 1.165) is 12.1 Å². The molecule has 23 heavy (non-hydrogen) atoms.